The number of nitrogens with zero attached hydrogens (tertiary/aromatic N) is 3. The second-order valence-corrected chi connectivity index (χ2v) is 8.52. The van der Waals surface area contributed by atoms with Gasteiger partial charge < -0.3 is 4.90 Å². The molecule has 2 aromatic carbocycles. The van der Waals surface area contributed by atoms with Crippen molar-refractivity contribution in [3.05, 3.63) is 63.4 Å². The number of rotatable bonds is 4. The van der Waals surface area contributed by atoms with Crippen LogP contribution in [0.5, 0.6) is 0 Å². The molecule has 3 aromatic rings. The highest BCUT2D eigenvalue weighted by molar-refractivity contribution is 7.99. The molecule has 1 saturated heterocycles. The van der Waals surface area contributed by atoms with Crippen LogP contribution in [-0.4, -0.2) is 39.2 Å². The smallest absolute Gasteiger partial charge is 0.266 e. The number of carbonyl (C=O) groups excluding carboxylic acids is 1. The molecular formula is C22H22ClN3O2S. The van der Waals surface area contributed by atoms with E-state index in [1.807, 2.05) is 42.2 Å². The SMILES string of the molecule is Cc1c(Cl)cccc1-n1c(SCC(=O)N2CCCCC2)nc2ccccc2c1=O. The summed E-state index contributed by atoms with van der Waals surface area (Å²) in [5.74, 6) is 0.344. The van der Waals surface area contributed by atoms with E-state index in [0.717, 1.165) is 31.5 Å². The Balaban J connectivity index is 1.76. The maximum atomic E-state index is 13.3. The number of benzene rings is 2. The highest BCUT2D eigenvalue weighted by Crippen LogP contribution is 2.27. The molecule has 5 nitrogen and oxygen atoms in total. The molecule has 0 aliphatic carbocycles. The summed E-state index contributed by atoms with van der Waals surface area (Å²) in [6, 6.07) is 12.8. The van der Waals surface area contributed by atoms with Crippen LogP contribution in [0.15, 0.2) is 52.4 Å². The van der Waals surface area contributed by atoms with E-state index in [-0.39, 0.29) is 17.2 Å². The number of carbonyl (C=O) groups is 1. The van der Waals surface area contributed by atoms with Crippen LogP contribution in [0, 0.1) is 6.92 Å². The van der Waals surface area contributed by atoms with Crippen LogP contribution < -0.4 is 5.56 Å². The van der Waals surface area contributed by atoms with Crippen molar-refractivity contribution in [1.29, 1.82) is 0 Å². The van der Waals surface area contributed by atoms with Crippen molar-refractivity contribution in [2.75, 3.05) is 18.8 Å². The Labute approximate surface area is 178 Å². The fourth-order valence-electron chi connectivity index (χ4n) is 3.62. The molecule has 0 unspecified atom stereocenters. The molecule has 29 heavy (non-hydrogen) atoms. The molecule has 0 bridgehead atoms. The maximum absolute atomic E-state index is 13.3. The summed E-state index contributed by atoms with van der Waals surface area (Å²) in [5, 5.41) is 1.63. The largest absolute Gasteiger partial charge is 0.342 e. The number of aromatic nitrogens is 2. The van der Waals surface area contributed by atoms with Crippen LogP contribution in [-0.2, 0) is 4.79 Å². The minimum absolute atomic E-state index is 0.0893. The summed E-state index contributed by atoms with van der Waals surface area (Å²) in [4.78, 5) is 32.6. The number of piperidine rings is 1. The topological polar surface area (TPSA) is 55.2 Å². The van der Waals surface area contributed by atoms with Gasteiger partial charge >= 0.3 is 0 Å². The van der Waals surface area contributed by atoms with E-state index in [1.54, 1.807) is 16.7 Å². The van der Waals surface area contributed by atoms with Gasteiger partial charge in [0.05, 0.1) is 22.3 Å². The van der Waals surface area contributed by atoms with Gasteiger partial charge in [0.2, 0.25) is 5.91 Å². The zero-order valence-corrected chi connectivity index (χ0v) is 17.8. The zero-order valence-electron chi connectivity index (χ0n) is 16.2. The Kier molecular flexibility index (Phi) is 5.92. The van der Waals surface area contributed by atoms with Gasteiger partial charge in [0.1, 0.15) is 0 Å². The summed E-state index contributed by atoms with van der Waals surface area (Å²) in [5.41, 5.74) is 1.96. The van der Waals surface area contributed by atoms with Gasteiger partial charge in [-0.25, -0.2) is 4.98 Å². The Morgan fingerprint density at radius 3 is 2.66 bits per heavy atom. The maximum Gasteiger partial charge on any atom is 0.266 e. The van der Waals surface area contributed by atoms with Crippen molar-refractivity contribution in [1.82, 2.24) is 14.5 Å². The molecule has 0 saturated carbocycles. The van der Waals surface area contributed by atoms with Gasteiger partial charge in [-0.2, -0.15) is 0 Å². The third-order valence-electron chi connectivity index (χ3n) is 5.26. The van der Waals surface area contributed by atoms with Crippen LogP contribution in [0.3, 0.4) is 0 Å². The summed E-state index contributed by atoms with van der Waals surface area (Å²) >= 11 is 7.62. The molecule has 150 valence electrons. The fraction of sp³-hybridized carbons (Fsp3) is 0.318. The molecule has 4 rings (SSSR count). The van der Waals surface area contributed by atoms with E-state index in [2.05, 4.69) is 0 Å². The quantitative estimate of drug-likeness (QED) is 0.456. The van der Waals surface area contributed by atoms with Gasteiger partial charge in [-0.05, 0) is 56.0 Å². The van der Waals surface area contributed by atoms with Gasteiger partial charge in [-0.3, -0.25) is 14.2 Å². The molecule has 0 radical (unpaired) electrons. The predicted molar refractivity (Wildman–Crippen MR) is 118 cm³/mol. The Morgan fingerprint density at radius 1 is 1.10 bits per heavy atom. The lowest BCUT2D eigenvalue weighted by molar-refractivity contribution is -0.129. The summed E-state index contributed by atoms with van der Waals surface area (Å²) in [6.45, 7) is 3.50. The number of halogens is 1. The van der Waals surface area contributed by atoms with E-state index in [0.29, 0.717) is 26.8 Å². The molecule has 2 heterocycles. The second-order valence-electron chi connectivity index (χ2n) is 7.17. The number of likely N-dealkylation sites (tertiary alicyclic amines) is 1. The average molecular weight is 428 g/mol. The van der Waals surface area contributed by atoms with E-state index >= 15 is 0 Å². The molecule has 1 fully saturated rings. The van der Waals surface area contributed by atoms with Crippen LogP contribution in [0.4, 0.5) is 0 Å². The number of hydrogen-bond donors (Lipinski definition) is 0. The van der Waals surface area contributed by atoms with E-state index in [4.69, 9.17) is 16.6 Å². The molecule has 7 heteroatoms. The Bertz CT molecular complexity index is 1120. The fourth-order valence-corrected chi connectivity index (χ4v) is 4.70. The van der Waals surface area contributed by atoms with Crippen molar-refractivity contribution in [3.8, 4) is 5.69 Å². The van der Waals surface area contributed by atoms with E-state index < -0.39 is 0 Å². The van der Waals surface area contributed by atoms with Crippen molar-refractivity contribution in [2.24, 2.45) is 0 Å². The lowest BCUT2D eigenvalue weighted by Gasteiger charge is -2.26. The minimum Gasteiger partial charge on any atom is -0.342 e. The predicted octanol–water partition coefficient (Wildman–Crippen LogP) is 4.45. The van der Waals surface area contributed by atoms with Crippen LogP contribution in [0.2, 0.25) is 5.02 Å². The summed E-state index contributed by atoms with van der Waals surface area (Å²) in [7, 11) is 0. The molecule has 0 N–H and O–H groups in total. The third-order valence-corrected chi connectivity index (χ3v) is 6.59. The van der Waals surface area contributed by atoms with Gasteiger partial charge in [-0.15, -0.1) is 0 Å². The highest BCUT2D eigenvalue weighted by atomic mass is 35.5. The number of thioether (sulfide) groups is 1. The third kappa shape index (κ3) is 4.05. The molecule has 0 spiro atoms. The molecule has 1 aliphatic heterocycles. The summed E-state index contributed by atoms with van der Waals surface area (Å²) < 4.78 is 1.58. The molecule has 1 amide bonds. The Hall–Kier alpha value is -2.31. The molecule has 0 atom stereocenters. The molecule has 1 aromatic heterocycles. The van der Waals surface area contributed by atoms with Crippen molar-refractivity contribution in [2.45, 2.75) is 31.3 Å². The second kappa shape index (κ2) is 8.59. The lowest BCUT2D eigenvalue weighted by Crippen LogP contribution is -2.36. The van der Waals surface area contributed by atoms with Gasteiger partial charge in [-0.1, -0.05) is 41.6 Å². The first kappa shape index (κ1) is 20.0. The molecular weight excluding hydrogens is 406 g/mol. The highest BCUT2D eigenvalue weighted by Gasteiger charge is 2.20. The lowest BCUT2D eigenvalue weighted by atomic mass is 10.1. The number of para-hydroxylation sites is 1. The van der Waals surface area contributed by atoms with Gasteiger partial charge in [0, 0.05) is 18.1 Å². The van der Waals surface area contributed by atoms with Crippen LogP contribution in [0.1, 0.15) is 24.8 Å². The van der Waals surface area contributed by atoms with E-state index in [1.165, 1.54) is 18.2 Å². The number of amides is 1. The molecule has 1 aliphatic rings. The standard InChI is InChI=1S/C22H22ClN3O2S/c1-15-17(23)9-7-11-19(15)26-21(28)16-8-3-4-10-18(16)24-22(26)29-14-20(27)25-12-5-2-6-13-25/h3-4,7-11H,2,5-6,12-14H2,1H3. The van der Waals surface area contributed by atoms with Crippen molar-refractivity contribution < 1.29 is 4.79 Å². The van der Waals surface area contributed by atoms with Crippen LogP contribution in [0.25, 0.3) is 16.6 Å². The number of hydrogen-bond acceptors (Lipinski definition) is 4. The number of fused-ring (bicyclic) bond motifs is 1. The Morgan fingerprint density at radius 2 is 1.86 bits per heavy atom. The van der Waals surface area contributed by atoms with E-state index in [9.17, 15) is 9.59 Å². The monoisotopic (exact) mass is 427 g/mol. The first-order valence-corrected chi connectivity index (χ1v) is 11.1. The van der Waals surface area contributed by atoms with Gasteiger partial charge in [0.15, 0.2) is 5.16 Å². The zero-order chi connectivity index (χ0) is 20.4. The summed E-state index contributed by atoms with van der Waals surface area (Å²) in [6.07, 6.45) is 3.28. The first-order valence-electron chi connectivity index (χ1n) is 9.74. The minimum atomic E-state index is -0.158. The average Bonchev–Trinajstić information content (AvgIpc) is 2.75. The van der Waals surface area contributed by atoms with Crippen molar-refractivity contribution in [3.63, 3.8) is 0 Å². The van der Waals surface area contributed by atoms with Crippen LogP contribution >= 0.6 is 23.4 Å². The van der Waals surface area contributed by atoms with Gasteiger partial charge in [0.25, 0.3) is 5.56 Å². The van der Waals surface area contributed by atoms with Crippen molar-refractivity contribution >= 4 is 40.2 Å². The normalized spacial score (nSPS) is 14.3. The first-order chi connectivity index (χ1) is 14.1.